The molecular weight excluding hydrogens is 174 g/mol. The minimum Gasteiger partial charge on any atom is -0.323 e. The van der Waals surface area contributed by atoms with Gasteiger partial charge in [-0.15, -0.1) is 0 Å². The van der Waals surface area contributed by atoms with Gasteiger partial charge in [-0.1, -0.05) is 18.2 Å². The molecule has 1 rings (SSSR count). The molecule has 1 aliphatic heterocycles. The van der Waals surface area contributed by atoms with E-state index in [4.69, 9.17) is 11.6 Å². The summed E-state index contributed by atoms with van der Waals surface area (Å²) in [6, 6.07) is 0. The van der Waals surface area contributed by atoms with E-state index in [0.717, 1.165) is 25.8 Å². The molecule has 0 aliphatic carbocycles. The number of carbonyl (C=O) groups is 1. The van der Waals surface area contributed by atoms with Crippen LogP contribution in [0.1, 0.15) is 26.2 Å². The first-order valence-corrected chi connectivity index (χ1v) is 4.67. The minimum absolute atomic E-state index is 0.00491. The molecule has 1 fully saturated rings. The lowest BCUT2D eigenvalue weighted by Gasteiger charge is -2.31. The molecular formula is C9H14ClNO. The Hall–Kier alpha value is -0.500. The maximum absolute atomic E-state index is 11.5. The lowest BCUT2D eigenvalue weighted by Crippen LogP contribution is -2.40. The first-order valence-electron chi connectivity index (χ1n) is 4.23. The van der Waals surface area contributed by atoms with Crippen molar-refractivity contribution in [3.05, 3.63) is 12.2 Å². The van der Waals surface area contributed by atoms with Gasteiger partial charge in [0.2, 0.25) is 5.91 Å². The third-order valence-corrected chi connectivity index (χ3v) is 2.51. The van der Waals surface area contributed by atoms with Gasteiger partial charge in [0.1, 0.15) is 5.50 Å². The summed E-state index contributed by atoms with van der Waals surface area (Å²) in [6.07, 6.45) is 3.08. The van der Waals surface area contributed by atoms with Crippen LogP contribution in [0.25, 0.3) is 0 Å². The van der Waals surface area contributed by atoms with E-state index in [-0.39, 0.29) is 11.4 Å². The Balaban J connectivity index is 2.59. The number of amides is 1. The van der Waals surface area contributed by atoms with Crippen molar-refractivity contribution in [2.24, 2.45) is 0 Å². The zero-order valence-corrected chi connectivity index (χ0v) is 8.10. The van der Waals surface area contributed by atoms with Gasteiger partial charge < -0.3 is 4.90 Å². The van der Waals surface area contributed by atoms with Crippen molar-refractivity contribution in [2.45, 2.75) is 31.7 Å². The van der Waals surface area contributed by atoms with Crippen LogP contribution < -0.4 is 0 Å². The molecule has 3 heteroatoms. The van der Waals surface area contributed by atoms with E-state index in [1.165, 1.54) is 0 Å². The molecule has 0 N–H and O–H groups in total. The predicted molar refractivity (Wildman–Crippen MR) is 50.0 cm³/mol. The second-order valence-corrected chi connectivity index (χ2v) is 3.71. The maximum Gasteiger partial charge on any atom is 0.250 e. The van der Waals surface area contributed by atoms with E-state index in [1.54, 1.807) is 11.8 Å². The van der Waals surface area contributed by atoms with Crippen LogP contribution in [-0.2, 0) is 4.79 Å². The van der Waals surface area contributed by atoms with Crippen molar-refractivity contribution in [3.63, 3.8) is 0 Å². The van der Waals surface area contributed by atoms with Gasteiger partial charge in [0.15, 0.2) is 0 Å². The van der Waals surface area contributed by atoms with Crippen molar-refractivity contribution >= 4 is 17.5 Å². The van der Waals surface area contributed by atoms with Crippen LogP contribution >= 0.6 is 11.6 Å². The van der Waals surface area contributed by atoms with Gasteiger partial charge in [-0.3, -0.25) is 4.79 Å². The Kier molecular flexibility index (Phi) is 3.15. The van der Waals surface area contributed by atoms with E-state index in [0.29, 0.717) is 5.57 Å². The molecule has 0 bridgehead atoms. The summed E-state index contributed by atoms with van der Waals surface area (Å²) in [5, 5.41) is 0. The van der Waals surface area contributed by atoms with E-state index >= 15 is 0 Å². The first kappa shape index (κ1) is 9.59. The van der Waals surface area contributed by atoms with Gasteiger partial charge in [-0.25, -0.2) is 0 Å². The van der Waals surface area contributed by atoms with Crippen molar-refractivity contribution in [2.75, 3.05) is 6.54 Å². The second-order valence-electron chi connectivity index (χ2n) is 3.21. The van der Waals surface area contributed by atoms with Gasteiger partial charge in [0.25, 0.3) is 0 Å². The smallest absolute Gasteiger partial charge is 0.250 e. The molecule has 68 valence electrons. The number of likely N-dealkylation sites (tertiary alicyclic amines) is 1. The van der Waals surface area contributed by atoms with E-state index < -0.39 is 0 Å². The summed E-state index contributed by atoms with van der Waals surface area (Å²) in [7, 11) is 0. The highest BCUT2D eigenvalue weighted by atomic mass is 35.5. The van der Waals surface area contributed by atoms with Crippen molar-refractivity contribution in [1.82, 2.24) is 4.90 Å². The van der Waals surface area contributed by atoms with Crippen LogP contribution in [0.5, 0.6) is 0 Å². The standard InChI is InChI=1S/C9H14ClNO/c1-7(2)9(12)11-6-4-3-5-8(11)10/h8H,1,3-6H2,2H3. The third-order valence-electron chi connectivity index (χ3n) is 2.06. The average Bonchev–Trinajstić information content (AvgIpc) is 2.04. The number of hydrogen-bond acceptors (Lipinski definition) is 1. The monoisotopic (exact) mass is 187 g/mol. The molecule has 0 aromatic heterocycles. The highest BCUT2D eigenvalue weighted by Gasteiger charge is 2.24. The van der Waals surface area contributed by atoms with Gasteiger partial charge in [-0.05, 0) is 26.2 Å². The lowest BCUT2D eigenvalue weighted by atomic mass is 10.1. The predicted octanol–water partition coefficient (Wildman–Crippen LogP) is 2.14. The first-order chi connectivity index (χ1) is 5.63. The molecule has 0 saturated carbocycles. The molecule has 1 unspecified atom stereocenters. The SMILES string of the molecule is C=C(C)C(=O)N1CCCCC1Cl. The number of nitrogens with zero attached hydrogens (tertiary/aromatic N) is 1. The van der Waals surface area contributed by atoms with Crippen LogP contribution in [0.2, 0.25) is 0 Å². The van der Waals surface area contributed by atoms with Crippen molar-refractivity contribution in [1.29, 1.82) is 0 Å². The Morgan fingerprint density at radius 3 is 2.75 bits per heavy atom. The fourth-order valence-corrected chi connectivity index (χ4v) is 1.71. The summed E-state index contributed by atoms with van der Waals surface area (Å²) in [5.74, 6) is -0.00491. The molecule has 0 aromatic rings. The van der Waals surface area contributed by atoms with Crippen LogP contribution in [0.3, 0.4) is 0 Å². The average molecular weight is 188 g/mol. The Morgan fingerprint density at radius 2 is 2.25 bits per heavy atom. The number of hydrogen-bond donors (Lipinski definition) is 0. The number of piperidine rings is 1. The van der Waals surface area contributed by atoms with Crippen LogP contribution in [0.15, 0.2) is 12.2 Å². The lowest BCUT2D eigenvalue weighted by molar-refractivity contribution is -0.128. The maximum atomic E-state index is 11.5. The Labute approximate surface area is 78.2 Å². The van der Waals surface area contributed by atoms with Gasteiger partial charge in [-0.2, -0.15) is 0 Å². The summed E-state index contributed by atoms with van der Waals surface area (Å²) < 4.78 is 0. The normalized spacial score (nSPS) is 23.8. The molecule has 1 heterocycles. The molecule has 1 aliphatic rings. The number of halogens is 1. The van der Waals surface area contributed by atoms with Gasteiger partial charge >= 0.3 is 0 Å². The van der Waals surface area contributed by atoms with Crippen LogP contribution in [0.4, 0.5) is 0 Å². The second kappa shape index (κ2) is 3.94. The van der Waals surface area contributed by atoms with E-state index in [2.05, 4.69) is 6.58 Å². The van der Waals surface area contributed by atoms with Gasteiger partial charge in [0, 0.05) is 12.1 Å². The third kappa shape index (κ3) is 2.01. The highest BCUT2D eigenvalue weighted by molar-refractivity contribution is 6.21. The fraction of sp³-hybridized carbons (Fsp3) is 0.667. The summed E-state index contributed by atoms with van der Waals surface area (Å²) in [6.45, 7) is 6.12. The largest absolute Gasteiger partial charge is 0.323 e. The van der Waals surface area contributed by atoms with Crippen molar-refractivity contribution < 1.29 is 4.79 Å². The molecule has 0 aromatic carbocycles. The quantitative estimate of drug-likeness (QED) is 0.350. The minimum atomic E-state index is -0.122. The summed E-state index contributed by atoms with van der Waals surface area (Å²) in [4.78, 5) is 13.2. The molecule has 1 atom stereocenters. The zero-order valence-electron chi connectivity index (χ0n) is 7.35. The number of carbonyl (C=O) groups excluding carboxylic acids is 1. The van der Waals surface area contributed by atoms with Gasteiger partial charge in [0.05, 0.1) is 0 Å². The van der Waals surface area contributed by atoms with Crippen molar-refractivity contribution in [3.8, 4) is 0 Å². The van der Waals surface area contributed by atoms with E-state index in [1.807, 2.05) is 0 Å². The topological polar surface area (TPSA) is 20.3 Å². The van der Waals surface area contributed by atoms with E-state index in [9.17, 15) is 4.79 Å². The fourth-order valence-electron chi connectivity index (χ4n) is 1.36. The summed E-state index contributed by atoms with van der Waals surface area (Å²) >= 11 is 5.99. The number of rotatable bonds is 1. The molecule has 0 radical (unpaired) electrons. The highest BCUT2D eigenvalue weighted by Crippen LogP contribution is 2.21. The Bertz CT molecular complexity index is 203. The molecule has 1 saturated heterocycles. The molecule has 0 spiro atoms. The molecule has 2 nitrogen and oxygen atoms in total. The molecule has 1 amide bonds. The molecule has 12 heavy (non-hydrogen) atoms. The number of alkyl halides is 1. The van der Waals surface area contributed by atoms with Crippen LogP contribution in [0, 0.1) is 0 Å². The Morgan fingerprint density at radius 1 is 1.58 bits per heavy atom. The zero-order chi connectivity index (χ0) is 9.14. The summed E-state index contributed by atoms with van der Waals surface area (Å²) in [5.41, 5.74) is 0.450. The van der Waals surface area contributed by atoms with Crippen LogP contribution in [-0.4, -0.2) is 22.9 Å².